The van der Waals surface area contributed by atoms with Crippen LogP contribution in [0.25, 0.3) is 0 Å². The summed E-state index contributed by atoms with van der Waals surface area (Å²) in [6.07, 6.45) is 0. The monoisotopic (exact) mass is 391 g/mol. The second-order valence-corrected chi connectivity index (χ2v) is 8.63. The van der Waals surface area contributed by atoms with Crippen molar-refractivity contribution in [1.82, 2.24) is 14.8 Å². The lowest BCUT2D eigenvalue weighted by Crippen LogP contribution is -2.49. The number of para-hydroxylation sites is 1. The summed E-state index contributed by atoms with van der Waals surface area (Å²) in [5, 5.41) is 3.27. The van der Waals surface area contributed by atoms with Crippen LogP contribution in [0.1, 0.15) is 31.5 Å². The molecule has 1 aliphatic heterocycles. The maximum absolute atomic E-state index is 13.6. The van der Waals surface area contributed by atoms with Crippen LogP contribution in [-0.4, -0.2) is 53.5 Å². The third-order valence-electron chi connectivity index (χ3n) is 4.49. The number of hydrogen-bond donors (Lipinski definition) is 0. The first kappa shape index (κ1) is 19.8. The van der Waals surface area contributed by atoms with Crippen LogP contribution in [0.5, 0.6) is 5.75 Å². The van der Waals surface area contributed by atoms with Crippen molar-refractivity contribution in [2.24, 2.45) is 0 Å². The van der Waals surface area contributed by atoms with Gasteiger partial charge < -0.3 is 9.64 Å². The van der Waals surface area contributed by atoms with Crippen LogP contribution < -0.4 is 4.74 Å². The van der Waals surface area contributed by atoms with Gasteiger partial charge in [0.2, 0.25) is 0 Å². The van der Waals surface area contributed by atoms with Gasteiger partial charge in [0.05, 0.1) is 10.7 Å². The van der Waals surface area contributed by atoms with Crippen LogP contribution in [0.15, 0.2) is 29.6 Å². The second kappa shape index (κ2) is 8.35. The Morgan fingerprint density at radius 3 is 2.56 bits per heavy atom. The average molecular weight is 392 g/mol. The van der Waals surface area contributed by atoms with Crippen LogP contribution in [0.4, 0.5) is 4.39 Å². The van der Waals surface area contributed by atoms with Crippen molar-refractivity contribution in [2.45, 2.75) is 32.7 Å². The lowest BCUT2D eigenvalue weighted by Gasteiger charge is -2.34. The summed E-state index contributed by atoms with van der Waals surface area (Å²) < 4.78 is 18.9. The van der Waals surface area contributed by atoms with Crippen molar-refractivity contribution in [3.05, 3.63) is 46.2 Å². The molecule has 0 N–H and O–H groups in total. The van der Waals surface area contributed by atoms with Crippen molar-refractivity contribution in [2.75, 3.05) is 32.8 Å². The van der Waals surface area contributed by atoms with Crippen molar-refractivity contribution in [3.8, 4) is 5.75 Å². The Balaban J connectivity index is 1.45. The topological polar surface area (TPSA) is 45.7 Å². The molecule has 0 aliphatic carbocycles. The first-order valence-corrected chi connectivity index (χ1v) is 10.0. The molecule has 2 aromatic rings. The number of nitrogens with zero attached hydrogens (tertiary/aromatic N) is 3. The van der Waals surface area contributed by atoms with E-state index >= 15 is 0 Å². The Bertz CT molecular complexity index is 780. The van der Waals surface area contributed by atoms with E-state index in [4.69, 9.17) is 9.72 Å². The van der Waals surface area contributed by atoms with Crippen LogP contribution in [0.2, 0.25) is 0 Å². The molecule has 0 saturated carbocycles. The van der Waals surface area contributed by atoms with Crippen LogP contribution in [0.3, 0.4) is 0 Å². The highest BCUT2D eigenvalue weighted by molar-refractivity contribution is 7.09. The zero-order chi connectivity index (χ0) is 19.4. The van der Waals surface area contributed by atoms with E-state index in [-0.39, 0.29) is 23.7 Å². The van der Waals surface area contributed by atoms with Gasteiger partial charge in [-0.05, 0) is 12.1 Å². The molecule has 7 heteroatoms. The van der Waals surface area contributed by atoms with Crippen molar-refractivity contribution in [3.63, 3.8) is 0 Å². The zero-order valence-electron chi connectivity index (χ0n) is 16.1. The number of ether oxygens (including phenoxy) is 1. The van der Waals surface area contributed by atoms with Crippen molar-refractivity contribution >= 4 is 17.2 Å². The zero-order valence-corrected chi connectivity index (χ0v) is 16.9. The van der Waals surface area contributed by atoms with Gasteiger partial charge in [-0.15, -0.1) is 11.3 Å². The van der Waals surface area contributed by atoms with Gasteiger partial charge in [-0.25, -0.2) is 9.37 Å². The molecule has 146 valence electrons. The molecule has 1 aromatic heterocycles. The maximum atomic E-state index is 13.6. The highest BCUT2D eigenvalue weighted by Crippen LogP contribution is 2.26. The van der Waals surface area contributed by atoms with E-state index in [2.05, 4.69) is 31.1 Å². The van der Waals surface area contributed by atoms with E-state index in [0.29, 0.717) is 13.1 Å². The van der Waals surface area contributed by atoms with Gasteiger partial charge in [0.15, 0.2) is 18.2 Å². The largest absolute Gasteiger partial charge is 0.481 e. The smallest absolute Gasteiger partial charge is 0.260 e. The van der Waals surface area contributed by atoms with E-state index < -0.39 is 5.82 Å². The van der Waals surface area contributed by atoms with Gasteiger partial charge in [-0.3, -0.25) is 9.69 Å². The van der Waals surface area contributed by atoms with Crippen molar-refractivity contribution < 1.29 is 13.9 Å². The quantitative estimate of drug-likeness (QED) is 0.785. The molecule has 0 bridgehead atoms. The predicted octanol–water partition coefficient (Wildman–Crippen LogP) is 3.30. The van der Waals surface area contributed by atoms with Crippen LogP contribution in [-0.2, 0) is 16.8 Å². The molecule has 1 aliphatic rings. The molecule has 0 spiro atoms. The molecular formula is C20H26FN3O2S. The molecule has 1 aromatic carbocycles. The highest BCUT2D eigenvalue weighted by atomic mass is 32.1. The number of halogens is 1. The molecule has 27 heavy (non-hydrogen) atoms. The Morgan fingerprint density at radius 2 is 1.93 bits per heavy atom. The molecule has 3 rings (SSSR count). The van der Waals surface area contributed by atoms with Gasteiger partial charge >= 0.3 is 0 Å². The fourth-order valence-electron chi connectivity index (χ4n) is 2.90. The lowest BCUT2D eigenvalue weighted by atomic mass is 9.98. The fraction of sp³-hybridized carbons (Fsp3) is 0.500. The molecule has 0 atom stereocenters. The first-order valence-electron chi connectivity index (χ1n) is 9.15. The number of amides is 1. The number of hydrogen-bond acceptors (Lipinski definition) is 5. The third-order valence-corrected chi connectivity index (χ3v) is 5.81. The fourth-order valence-corrected chi connectivity index (χ4v) is 3.80. The molecule has 5 nitrogen and oxygen atoms in total. The number of rotatable bonds is 5. The Morgan fingerprint density at radius 1 is 1.22 bits per heavy atom. The second-order valence-electron chi connectivity index (χ2n) is 7.77. The van der Waals surface area contributed by atoms with Gasteiger partial charge in [0, 0.05) is 43.5 Å². The molecule has 0 unspecified atom stereocenters. The standard InChI is InChI=1S/C20H26FN3O2S/c1-20(2,3)19-22-15(14-27-19)12-23-8-10-24(11-9-23)18(25)13-26-17-7-5-4-6-16(17)21/h4-7,14H,8-13H2,1-3H3. The normalized spacial score (nSPS) is 15.8. The summed E-state index contributed by atoms with van der Waals surface area (Å²) in [7, 11) is 0. The number of piperazine rings is 1. The maximum Gasteiger partial charge on any atom is 0.260 e. The molecule has 2 heterocycles. The minimum absolute atomic E-state index is 0.0757. The molecular weight excluding hydrogens is 365 g/mol. The molecule has 1 saturated heterocycles. The van der Waals surface area contributed by atoms with E-state index in [9.17, 15) is 9.18 Å². The Kier molecular flexibility index (Phi) is 6.11. The van der Waals surface area contributed by atoms with E-state index in [0.717, 1.165) is 30.3 Å². The van der Waals surface area contributed by atoms with Crippen LogP contribution >= 0.6 is 11.3 Å². The summed E-state index contributed by atoms with van der Waals surface area (Å²) in [5.41, 5.74) is 1.17. The number of carbonyl (C=O) groups is 1. The Hall–Kier alpha value is -1.99. The van der Waals surface area contributed by atoms with Gasteiger partial charge in [-0.2, -0.15) is 0 Å². The number of benzene rings is 1. The minimum atomic E-state index is -0.451. The van der Waals surface area contributed by atoms with Gasteiger partial charge in [0.1, 0.15) is 0 Å². The third kappa shape index (κ3) is 5.26. The molecule has 0 radical (unpaired) electrons. The highest BCUT2D eigenvalue weighted by Gasteiger charge is 2.23. The van der Waals surface area contributed by atoms with E-state index in [1.54, 1.807) is 28.4 Å². The van der Waals surface area contributed by atoms with Gasteiger partial charge in [0.25, 0.3) is 5.91 Å². The number of thiazole rings is 1. The number of carbonyl (C=O) groups excluding carboxylic acids is 1. The predicted molar refractivity (Wildman–Crippen MR) is 105 cm³/mol. The summed E-state index contributed by atoms with van der Waals surface area (Å²) in [5.74, 6) is -0.447. The summed E-state index contributed by atoms with van der Waals surface area (Å²) in [6, 6.07) is 6.13. The first-order chi connectivity index (χ1) is 12.8. The van der Waals surface area contributed by atoms with Crippen LogP contribution in [0, 0.1) is 5.82 Å². The molecule has 1 amide bonds. The van der Waals surface area contributed by atoms with E-state index in [1.807, 2.05) is 0 Å². The minimum Gasteiger partial charge on any atom is -0.481 e. The summed E-state index contributed by atoms with van der Waals surface area (Å²) >= 11 is 1.71. The molecule has 1 fully saturated rings. The average Bonchev–Trinajstić information content (AvgIpc) is 3.10. The summed E-state index contributed by atoms with van der Waals surface area (Å²) in [4.78, 5) is 21.1. The summed E-state index contributed by atoms with van der Waals surface area (Å²) in [6.45, 7) is 10.1. The Labute approximate surface area is 163 Å². The lowest BCUT2D eigenvalue weighted by molar-refractivity contribution is -0.135. The van der Waals surface area contributed by atoms with Gasteiger partial charge in [-0.1, -0.05) is 32.9 Å². The SMILES string of the molecule is CC(C)(C)c1nc(CN2CCN(C(=O)COc3ccccc3F)CC2)cs1. The number of aromatic nitrogens is 1. The van der Waals surface area contributed by atoms with Crippen molar-refractivity contribution in [1.29, 1.82) is 0 Å². The van der Waals surface area contributed by atoms with E-state index in [1.165, 1.54) is 12.1 Å².